The summed E-state index contributed by atoms with van der Waals surface area (Å²) in [5.74, 6) is -0.189. The minimum Gasteiger partial charge on any atom is -0.496 e. The summed E-state index contributed by atoms with van der Waals surface area (Å²) in [5.41, 5.74) is 1.16. The van der Waals surface area contributed by atoms with E-state index in [1.165, 1.54) is 7.11 Å². The Balaban J connectivity index is 2.39. The second-order valence-corrected chi connectivity index (χ2v) is 7.52. The van der Waals surface area contributed by atoms with E-state index in [1.807, 2.05) is 0 Å². The molecule has 0 radical (unpaired) electrons. The van der Waals surface area contributed by atoms with Crippen molar-refractivity contribution in [2.45, 2.75) is 16.8 Å². The van der Waals surface area contributed by atoms with Crippen LogP contribution in [0, 0.1) is 0 Å². The molecule has 2 N–H and O–H groups in total. The molecule has 1 aromatic carbocycles. The van der Waals surface area contributed by atoms with Crippen molar-refractivity contribution in [2.24, 2.45) is 0 Å². The Hall–Kier alpha value is -1.63. The van der Waals surface area contributed by atoms with Crippen molar-refractivity contribution in [3.05, 3.63) is 41.1 Å². The Morgan fingerprint density at radius 2 is 1.96 bits per heavy atom. The largest absolute Gasteiger partial charge is 0.496 e. The number of para-hydroxylation sites is 1. The zero-order chi connectivity index (χ0) is 17.9. The number of carbonyl (C=O) groups is 2. The number of methoxy groups -OCH3 is 1. The molecule has 0 spiro atoms. The van der Waals surface area contributed by atoms with Gasteiger partial charge in [-0.25, -0.2) is 9.59 Å². The summed E-state index contributed by atoms with van der Waals surface area (Å²) in [4.78, 5) is 24.3. The molecule has 2 amide bonds. The molecule has 1 heterocycles. The molecule has 1 atom stereocenters. The number of allylic oxidation sites excluding steroid dienone is 1. The van der Waals surface area contributed by atoms with E-state index in [9.17, 15) is 9.59 Å². The maximum Gasteiger partial charge on any atom is 0.338 e. The predicted molar refractivity (Wildman–Crippen MR) is 91.4 cm³/mol. The van der Waals surface area contributed by atoms with E-state index in [0.29, 0.717) is 17.0 Å². The van der Waals surface area contributed by atoms with Crippen LogP contribution in [0.2, 0.25) is 0 Å². The molecular formula is C15H15Cl3N2O4. The molecule has 0 bridgehead atoms. The van der Waals surface area contributed by atoms with Gasteiger partial charge >= 0.3 is 12.0 Å². The summed E-state index contributed by atoms with van der Waals surface area (Å²) in [6.45, 7) is 1.17. The number of hydrogen-bond donors (Lipinski definition) is 2. The maximum absolute atomic E-state index is 12.5. The van der Waals surface area contributed by atoms with Crippen LogP contribution >= 0.6 is 34.8 Å². The highest BCUT2D eigenvalue weighted by Gasteiger charge is 2.35. The number of ether oxygens (including phenoxy) is 2. The average Bonchev–Trinajstić information content (AvgIpc) is 2.51. The Bertz CT molecular complexity index is 686. The highest BCUT2D eigenvalue weighted by atomic mass is 35.6. The Morgan fingerprint density at radius 1 is 1.29 bits per heavy atom. The van der Waals surface area contributed by atoms with E-state index in [4.69, 9.17) is 44.3 Å². The van der Waals surface area contributed by atoms with Crippen LogP contribution in [-0.4, -0.2) is 29.5 Å². The molecule has 130 valence electrons. The van der Waals surface area contributed by atoms with E-state index in [1.54, 1.807) is 31.2 Å². The second-order valence-electron chi connectivity index (χ2n) is 5.00. The van der Waals surface area contributed by atoms with Crippen molar-refractivity contribution in [3.8, 4) is 5.75 Å². The van der Waals surface area contributed by atoms with Gasteiger partial charge in [-0.3, -0.25) is 0 Å². The zero-order valence-electron chi connectivity index (χ0n) is 12.9. The summed E-state index contributed by atoms with van der Waals surface area (Å²) in [6, 6.07) is 5.82. The third-order valence-electron chi connectivity index (χ3n) is 3.31. The molecule has 1 aliphatic heterocycles. The van der Waals surface area contributed by atoms with Crippen LogP contribution in [0.15, 0.2) is 35.5 Å². The average molecular weight is 394 g/mol. The number of esters is 1. The number of halogens is 3. The number of carbonyl (C=O) groups excluding carboxylic acids is 2. The first kappa shape index (κ1) is 18.7. The van der Waals surface area contributed by atoms with Gasteiger partial charge in [-0.05, 0) is 13.0 Å². The molecule has 1 unspecified atom stereocenters. The Labute approximate surface area is 154 Å². The number of rotatable bonds is 4. The van der Waals surface area contributed by atoms with Crippen molar-refractivity contribution >= 4 is 46.8 Å². The topological polar surface area (TPSA) is 76.7 Å². The molecule has 1 aliphatic rings. The van der Waals surface area contributed by atoms with Crippen LogP contribution < -0.4 is 15.4 Å². The third-order valence-corrected chi connectivity index (χ3v) is 3.63. The van der Waals surface area contributed by atoms with Crippen LogP contribution in [0.3, 0.4) is 0 Å². The molecule has 0 aromatic heterocycles. The van der Waals surface area contributed by atoms with Crippen LogP contribution in [0.25, 0.3) is 0 Å². The lowest BCUT2D eigenvalue weighted by atomic mass is 9.95. The van der Waals surface area contributed by atoms with Gasteiger partial charge in [0.15, 0.2) is 0 Å². The van der Waals surface area contributed by atoms with Crippen LogP contribution in [0.5, 0.6) is 5.75 Å². The van der Waals surface area contributed by atoms with Crippen molar-refractivity contribution in [1.29, 1.82) is 0 Å². The molecule has 6 nitrogen and oxygen atoms in total. The molecule has 24 heavy (non-hydrogen) atoms. The van der Waals surface area contributed by atoms with Gasteiger partial charge in [0.1, 0.15) is 12.4 Å². The second kappa shape index (κ2) is 7.51. The lowest BCUT2D eigenvalue weighted by Gasteiger charge is -2.29. The quantitative estimate of drug-likeness (QED) is 0.608. The Morgan fingerprint density at radius 3 is 2.58 bits per heavy atom. The number of amides is 2. The maximum atomic E-state index is 12.5. The van der Waals surface area contributed by atoms with E-state index in [-0.39, 0.29) is 5.57 Å². The molecule has 2 rings (SSSR count). The SMILES string of the molecule is COc1ccccc1C1NC(=O)NC(C)=C1C(=O)OCC(Cl)(Cl)Cl. The molecule has 0 aliphatic carbocycles. The van der Waals surface area contributed by atoms with Gasteiger partial charge in [0.05, 0.1) is 18.7 Å². The highest BCUT2D eigenvalue weighted by Crippen LogP contribution is 2.34. The first-order chi connectivity index (χ1) is 11.2. The molecule has 9 heteroatoms. The summed E-state index contributed by atoms with van der Waals surface area (Å²) in [5, 5.41) is 5.21. The summed E-state index contributed by atoms with van der Waals surface area (Å²) in [7, 11) is 1.50. The van der Waals surface area contributed by atoms with Gasteiger partial charge in [-0.15, -0.1) is 0 Å². The summed E-state index contributed by atoms with van der Waals surface area (Å²) >= 11 is 16.8. The molecular weight excluding hydrogens is 379 g/mol. The standard InChI is InChI=1S/C15H15Cl3N2O4/c1-8-11(13(21)24-7-15(16,17)18)12(20-14(22)19-8)9-5-3-4-6-10(9)23-2/h3-6,12H,7H2,1-2H3,(H2,19,20,22). The smallest absolute Gasteiger partial charge is 0.338 e. The van der Waals surface area contributed by atoms with Gasteiger partial charge in [-0.1, -0.05) is 53.0 Å². The van der Waals surface area contributed by atoms with Crippen molar-refractivity contribution in [3.63, 3.8) is 0 Å². The van der Waals surface area contributed by atoms with E-state index < -0.39 is 28.4 Å². The first-order valence-electron chi connectivity index (χ1n) is 6.88. The molecule has 0 saturated heterocycles. The number of hydrogen-bond acceptors (Lipinski definition) is 4. The fourth-order valence-corrected chi connectivity index (χ4v) is 2.49. The lowest BCUT2D eigenvalue weighted by Crippen LogP contribution is -2.45. The van der Waals surface area contributed by atoms with E-state index in [2.05, 4.69) is 10.6 Å². The molecule has 0 saturated carbocycles. The van der Waals surface area contributed by atoms with Crippen LogP contribution in [0.1, 0.15) is 18.5 Å². The van der Waals surface area contributed by atoms with Crippen LogP contribution in [-0.2, 0) is 9.53 Å². The molecule has 1 aromatic rings. The highest BCUT2D eigenvalue weighted by molar-refractivity contribution is 6.67. The van der Waals surface area contributed by atoms with Gasteiger partial charge in [-0.2, -0.15) is 0 Å². The van der Waals surface area contributed by atoms with E-state index in [0.717, 1.165) is 0 Å². The lowest BCUT2D eigenvalue weighted by molar-refractivity contribution is -0.139. The van der Waals surface area contributed by atoms with E-state index >= 15 is 0 Å². The fraction of sp³-hybridized carbons (Fsp3) is 0.333. The monoisotopic (exact) mass is 392 g/mol. The molecule has 0 fully saturated rings. The number of nitrogens with one attached hydrogen (secondary N) is 2. The first-order valence-corrected chi connectivity index (χ1v) is 8.01. The van der Waals surface area contributed by atoms with Crippen LogP contribution in [0.4, 0.5) is 4.79 Å². The fourth-order valence-electron chi connectivity index (χ4n) is 2.33. The normalized spacial score (nSPS) is 17.9. The number of urea groups is 1. The van der Waals surface area contributed by atoms with Gasteiger partial charge in [0.25, 0.3) is 0 Å². The Kier molecular flexibility index (Phi) is 5.85. The van der Waals surface area contributed by atoms with Gasteiger partial charge in [0, 0.05) is 11.3 Å². The van der Waals surface area contributed by atoms with Gasteiger partial charge in [0.2, 0.25) is 3.79 Å². The minimum absolute atomic E-state index is 0.202. The van der Waals surface area contributed by atoms with Gasteiger partial charge < -0.3 is 20.1 Å². The van der Waals surface area contributed by atoms with Crippen molar-refractivity contribution in [1.82, 2.24) is 10.6 Å². The van der Waals surface area contributed by atoms with Crippen molar-refractivity contribution < 1.29 is 19.1 Å². The summed E-state index contributed by atoms with van der Waals surface area (Å²) < 4.78 is 8.63. The summed E-state index contributed by atoms with van der Waals surface area (Å²) in [6.07, 6.45) is 0. The minimum atomic E-state index is -1.73. The zero-order valence-corrected chi connectivity index (χ0v) is 15.1. The van der Waals surface area contributed by atoms with Crippen molar-refractivity contribution in [2.75, 3.05) is 13.7 Å². The predicted octanol–water partition coefficient (Wildman–Crippen LogP) is 3.24. The number of alkyl halides is 3. The third kappa shape index (κ3) is 4.47. The number of benzene rings is 1.